The number of carbonyl (C=O) groups is 2. The molecule has 1 N–H and O–H groups in total. The molecule has 0 aliphatic rings. The number of hydrogen-bond acceptors (Lipinski definition) is 4. The van der Waals surface area contributed by atoms with E-state index in [0.29, 0.717) is 12.3 Å². The third-order valence-electron chi connectivity index (χ3n) is 5.02. The van der Waals surface area contributed by atoms with E-state index in [1.807, 2.05) is 68.4 Å². The molecule has 0 saturated heterocycles. The summed E-state index contributed by atoms with van der Waals surface area (Å²) in [6.45, 7) is 6.21. The molecule has 0 fully saturated rings. The second-order valence-corrected chi connectivity index (χ2v) is 8.33. The summed E-state index contributed by atoms with van der Waals surface area (Å²) >= 11 is 1.55. The third kappa shape index (κ3) is 7.41. The number of methoxy groups -OCH3 is 1. The fourth-order valence-electron chi connectivity index (χ4n) is 2.89. The van der Waals surface area contributed by atoms with E-state index in [9.17, 15) is 9.59 Å². The van der Waals surface area contributed by atoms with E-state index >= 15 is 0 Å². The second kappa shape index (κ2) is 12.3. The van der Waals surface area contributed by atoms with E-state index in [2.05, 4.69) is 5.32 Å². The van der Waals surface area contributed by atoms with Gasteiger partial charge < -0.3 is 15.0 Å². The zero-order valence-corrected chi connectivity index (χ0v) is 19.1. The van der Waals surface area contributed by atoms with Crippen LogP contribution in [0.5, 0.6) is 5.75 Å². The van der Waals surface area contributed by atoms with Gasteiger partial charge in [-0.3, -0.25) is 9.59 Å². The summed E-state index contributed by atoms with van der Waals surface area (Å²) in [6, 6.07) is 17.2. The normalized spacial score (nSPS) is 12.7. The Hall–Kier alpha value is -2.47. The Bertz CT molecular complexity index is 796. The van der Waals surface area contributed by atoms with Crippen molar-refractivity contribution in [3.05, 3.63) is 65.7 Å². The second-order valence-electron chi connectivity index (χ2n) is 7.34. The summed E-state index contributed by atoms with van der Waals surface area (Å²) in [6.07, 6.45) is 0.850. The van der Waals surface area contributed by atoms with Gasteiger partial charge in [0.2, 0.25) is 11.8 Å². The van der Waals surface area contributed by atoms with Gasteiger partial charge in [-0.15, -0.1) is 11.8 Å². The quantitative estimate of drug-likeness (QED) is 0.581. The van der Waals surface area contributed by atoms with E-state index in [-0.39, 0.29) is 17.9 Å². The molecule has 2 amide bonds. The number of benzene rings is 2. The van der Waals surface area contributed by atoms with Crippen molar-refractivity contribution in [2.75, 3.05) is 12.9 Å². The van der Waals surface area contributed by atoms with E-state index in [4.69, 9.17) is 4.74 Å². The van der Waals surface area contributed by atoms with Gasteiger partial charge >= 0.3 is 0 Å². The molecule has 162 valence electrons. The molecule has 0 radical (unpaired) electrons. The first-order valence-corrected chi connectivity index (χ1v) is 11.4. The zero-order chi connectivity index (χ0) is 21.9. The SMILES string of the molecule is CCC(C)NC(=O)C(C)N(Cc1ccccc1)C(=O)CSCc1ccc(OC)cc1. The third-order valence-corrected chi connectivity index (χ3v) is 6.01. The van der Waals surface area contributed by atoms with Gasteiger partial charge in [0.15, 0.2) is 0 Å². The molecular weight excluding hydrogens is 396 g/mol. The van der Waals surface area contributed by atoms with Gasteiger partial charge in [0.1, 0.15) is 11.8 Å². The minimum absolute atomic E-state index is 0.0378. The summed E-state index contributed by atoms with van der Waals surface area (Å²) in [5.74, 6) is 1.70. The average Bonchev–Trinajstić information content (AvgIpc) is 2.77. The van der Waals surface area contributed by atoms with E-state index < -0.39 is 6.04 Å². The smallest absolute Gasteiger partial charge is 0.242 e. The Morgan fingerprint density at radius 3 is 2.30 bits per heavy atom. The molecule has 0 spiro atoms. The van der Waals surface area contributed by atoms with E-state index in [1.165, 1.54) is 0 Å². The lowest BCUT2D eigenvalue weighted by Gasteiger charge is -2.29. The van der Waals surface area contributed by atoms with Crippen LogP contribution in [0.25, 0.3) is 0 Å². The molecule has 30 heavy (non-hydrogen) atoms. The van der Waals surface area contributed by atoms with Crippen molar-refractivity contribution >= 4 is 23.6 Å². The summed E-state index contributed by atoms with van der Waals surface area (Å²) in [5.41, 5.74) is 2.14. The van der Waals surface area contributed by atoms with Crippen molar-refractivity contribution in [1.29, 1.82) is 0 Å². The van der Waals surface area contributed by atoms with Crippen molar-refractivity contribution in [1.82, 2.24) is 10.2 Å². The fourth-order valence-corrected chi connectivity index (χ4v) is 3.76. The van der Waals surface area contributed by atoms with Crippen molar-refractivity contribution < 1.29 is 14.3 Å². The molecule has 5 nitrogen and oxygen atoms in total. The number of ether oxygens (including phenoxy) is 1. The lowest BCUT2D eigenvalue weighted by atomic mass is 10.1. The number of thioether (sulfide) groups is 1. The maximum Gasteiger partial charge on any atom is 0.242 e. The first-order chi connectivity index (χ1) is 14.4. The van der Waals surface area contributed by atoms with Crippen LogP contribution in [-0.2, 0) is 21.9 Å². The van der Waals surface area contributed by atoms with Gasteiger partial charge in [-0.1, -0.05) is 49.4 Å². The zero-order valence-electron chi connectivity index (χ0n) is 18.3. The number of hydrogen-bond donors (Lipinski definition) is 1. The molecule has 0 aliphatic carbocycles. The lowest BCUT2D eigenvalue weighted by Crippen LogP contribution is -2.50. The van der Waals surface area contributed by atoms with Crippen LogP contribution in [0.3, 0.4) is 0 Å². The molecule has 0 aliphatic heterocycles. The number of carbonyl (C=O) groups excluding carboxylic acids is 2. The molecular formula is C24H32N2O3S. The highest BCUT2D eigenvalue weighted by molar-refractivity contribution is 7.99. The highest BCUT2D eigenvalue weighted by Crippen LogP contribution is 2.18. The Morgan fingerprint density at radius 1 is 1.03 bits per heavy atom. The van der Waals surface area contributed by atoms with Crippen LogP contribution in [0.4, 0.5) is 0 Å². The minimum atomic E-state index is -0.534. The monoisotopic (exact) mass is 428 g/mol. The summed E-state index contributed by atoms with van der Waals surface area (Å²) in [4.78, 5) is 27.4. The van der Waals surface area contributed by atoms with Gasteiger partial charge in [-0.05, 0) is 43.5 Å². The van der Waals surface area contributed by atoms with Crippen LogP contribution in [0.15, 0.2) is 54.6 Å². The van der Waals surface area contributed by atoms with E-state index in [0.717, 1.165) is 29.1 Å². The van der Waals surface area contributed by atoms with Crippen LogP contribution in [0.2, 0.25) is 0 Å². The van der Waals surface area contributed by atoms with Crippen molar-refractivity contribution in [2.45, 2.75) is 51.6 Å². The van der Waals surface area contributed by atoms with Crippen LogP contribution >= 0.6 is 11.8 Å². The topological polar surface area (TPSA) is 58.6 Å². The summed E-state index contributed by atoms with van der Waals surface area (Å²) in [7, 11) is 1.64. The van der Waals surface area contributed by atoms with E-state index in [1.54, 1.807) is 30.7 Å². The van der Waals surface area contributed by atoms with Crippen LogP contribution in [0, 0.1) is 0 Å². The molecule has 0 aromatic heterocycles. The molecule has 0 bridgehead atoms. The largest absolute Gasteiger partial charge is 0.497 e. The van der Waals surface area contributed by atoms with Gasteiger partial charge in [0.05, 0.1) is 12.9 Å². The molecule has 2 aromatic carbocycles. The van der Waals surface area contributed by atoms with Crippen molar-refractivity contribution in [2.24, 2.45) is 0 Å². The Morgan fingerprint density at radius 2 is 1.70 bits per heavy atom. The maximum atomic E-state index is 13.0. The summed E-state index contributed by atoms with van der Waals surface area (Å²) in [5, 5.41) is 2.99. The number of nitrogens with zero attached hydrogens (tertiary/aromatic N) is 1. The standard InChI is InChI=1S/C24H32N2O3S/c1-5-18(2)25-24(28)19(3)26(15-20-9-7-6-8-10-20)23(27)17-30-16-21-11-13-22(29-4)14-12-21/h6-14,18-19H,5,15-17H2,1-4H3,(H,25,28). The molecule has 0 saturated carbocycles. The molecule has 2 unspecified atom stereocenters. The molecule has 2 atom stereocenters. The van der Waals surface area contributed by atoms with Gasteiger partial charge in [0, 0.05) is 18.3 Å². The molecule has 6 heteroatoms. The predicted octanol–water partition coefficient (Wildman–Crippen LogP) is 4.26. The van der Waals surface area contributed by atoms with Crippen molar-refractivity contribution in [3.8, 4) is 5.75 Å². The minimum Gasteiger partial charge on any atom is -0.497 e. The van der Waals surface area contributed by atoms with Gasteiger partial charge in [0.25, 0.3) is 0 Å². The average molecular weight is 429 g/mol. The van der Waals surface area contributed by atoms with Crippen molar-refractivity contribution in [3.63, 3.8) is 0 Å². The highest BCUT2D eigenvalue weighted by Gasteiger charge is 2.26. The number of rotatable bonds is 11. The Kier molecular flexibility index (Phi) is 9.74. The van der Waals surface area contributed by atoms with Gasteiger partial charge in [-0.2, -0.15) is 0 Å². The maximum absolute atomic E-state index is 13.0. The Labute approximate surface area is 184 Å². The predicted molar refractivity (Wildman–Crippen MR) is 124 cm³/mol. The molecule has 2 rings (SSSR count). The first kappa shape index (κ1) is 23.8. The number of amides is 2. The van der Waals surface area contributed by atoms with Crippen LogP contribution in [0.1, 0.15) is 38.3 Å². The lowest BCUT2D eigenvalue weighted by molar-refractivity contribution is -0.138. The van der Waals surface area contributed by atoms with Crippen LogP contribution in [-0.4, -0.2) is 41.7 Å². The summed E-state index contributed by atoms with van der Waals surface area (Å²) < 4.78 is 5.18. The first-order valence-electron chi connectivity index (χ1n) is 10.3. The van der Waals surface area contributed by atoms with Gasteiger partial charge in [-0.25, -0.2) is 0 Å². The fraction of sp³-hybridized carbons (Fsp3) is 0.417. The highest BCUT2D eigenvalue weighted by atomic mass is 32.2. The number of nitrogens with one attached hydrogen (secondary N) is 1. The molecule has 0 heterocycles. The van der Waals surface area contributed by atoms with Crippen LogP contribution < -0.4 is 10.1 Å². The molecule has 2 aromatic rings. The Balaban J connectivity index is 2.02.